The van der Waals surface area contributed by atoms with E-state index < -0.39 is 0 Å². The Labute approximate surface area is 104 Å². The van der Waals surface area contributed by atoms with Crippen LogP contribution in [0.3, 0.4) is 0 Å². The summed E-state index contributed by atoms with van der Waals surface area (Å²) in [4.78, 5) is 8.69. The Morgan fingerprint density at radius 1 is 1.17 bits per heavy atom. The van der Waals surface area contributed by atoms with Crippen molar-refractivity contribution in [3.63, 3.8) is 0 Å². The monoisotopic (exact) mass is 242 g/mol. The van der Waals surface area contributed by atoms with E-state index in [1.165, 1.54) is 0 Å². The van der Waals surface area contributed by atoms with Gasteiger partial charge >= 0.3 is 0 Å². The molecule has 3 aromatic heterocycles. The zero-order valence-electron chi connectivity index (χ0n) is 10.3. The molecule has 0 aliphatic rings. The minimum absolute atomic E-state index is 0.680. The molecular weight excluding hydrogens is 228 g/mol. The highest BCUT2D eigenvalue weighted by Crippen LogP contribution is 2.18. The molecule has 92 valence electrons. The van der Waals surface area contributed by atoms with Crippen molar-refractivity contribution in [2.75, 3.05) is 5.32 Å². The molecule has 0 aliphatic heterocycles. The van der Waals surface area contributed by atoms with Gasteiger partial charge in [-0.1, -0.05) is 0 Å². The normalized spacial score (nSPS) is 11.0. The number of nitrogens with zero attached hydrogens (tertiary/aromatic N) is 5. The number of fused-ring (bicyclic) bond motifs is 1. The molecular formula is C12H14N6. The molecule has 1 N–H and O–H groups in total. The minimum Gasteiger partial charge on any atom is -0.363 e. The molecule has 0 bridgehead atoms. The van der Waals surface area contributed by atoms with E-state index in [1.54, 1.807) is 18.7 Å². The standard InChI is InChI=1S/C12H14N6/c1-17-8-15-11-10(17)4-5-13-12(11)14-7-9-3-6-16-18(9)2/h3-6,8H,7H2,1-2H3,(H,13,14). The van der Waals surface area contributed by atoms with Gasteiger partial charge in [0.2, 0.25) is 0 Å². The number of anilines is 1. The van der Waals surface area contributed by atoms with Gasteiger partial charge in [0.25, 0.3) is 0 Å². The van der Waals surface area contributed by atoms with Crippen LogP contribution in [0.4, 0.5) is 5.82 Å². The second-order valence-corrected chi connectivity index (χ2v) is 4.18. The van der Waals surface area contributed by atoms with Gasteiger partial charge in [-0.05, 0) is 12.1 Å². The fourth-order valence-corrected chi connectivity index (χ4v) is 1.94. The fourth-order valence-electron chi connectivity index (χ4n) is 1.94. The van der Waals surface area contributed by atoms with Gasteiger partial charge in [0.1, 0.15) is 5.52 Å². The molecule has 0 aliphatic carbocycles. The van der Waals surface area contributed by atoms with Crippen LogP contribution < -0.4 is 5.32 Å². The fraction of sp³-hybridized carbons (Fsp3) is 0.250. The zero-order chi connectivity index (χ0) is 12.5. The van der Waals surface area contributed by atoms with Crippen LogP contribution in [0.2, 0.25) is 0 Å². The summed E-state index contributed by atoms with van der Waals surface area (Å²) in [7, 11) is 3.89. The first kappa shape index (κ1) is 10.8. The third-order valence-corrected chi connectivity index (χ3v) is 3.00. The quantitative estimate of drug-likeness (QED) is 0.752. The van der Waals surface area contributed by atoms with E-state index in [2.05, 4.69) is 20.4 Å². The Hall–Kier alpha value is -2.37. The van der Waals surface area contributed by atoms with Crippen LogP contribution in [0, 0.1) is 0 Å². The van der Waals surface area contributed by atoms with Crippen molar-refractivity contribution in [1.29, 1.82) is 0 Å². The van der Waals surface area contributed by atoms with Gasteiger partial charge in [-0.2, -0.15) is 5.10 Å². The van der Waals surface area contributed by atoms with Crippen molar-refractivity contribution >= 4 is 16.9 Å². The number of rotatable bonds is 3. The summed E-state index contributed by atoms with van der Waals surface area (Å²) >= 11 is 0. The van der Waals surface area contributed by atoms with Gasteiger partial charge in [0, 0.05) is 26.5 Å². The summed E-state index contributed by atoms with van der Waals surface area (Å²) in [6.45, 7) is 0.680. The Morgan fingerprint density at radius 3 is 2.83 bits per heavy atom. The summed E-state index contributed by atoms with van der Waals surface area (Å²) in [6, 6.07) is 3.93. The van der Waals surface area contributed by atoms with Gasteiger partial charge in [-0.3, -0.25) is 4.68 Å². The zero-order valence-corrected chi connectivity index (χ0v) is 10.3. The van der Waals surface area contributed by atoms with Gasteiger partial charge in [0.15, 0.2) is 5.82 Å². The molecule has 0 aromatic carbocycles. The molecule has 0 spiro atoms. The molecule has 18 heavy (non-hydrogen) atoms. The second kappa shape index (κ2) is 4.14. The van der Waals surface area contributed by atoms with Gasteiger partial charge in [-0.25, -0.2) is 9.97 Å². The smallest absolute Gasteiger partial charge is 0.154 e. The highest BCUT2D eigenvalue weighted by Gasteiger charge is 2.07. The van der Waals surface area contributed by atoms with E-state index in [1.807, 2.05) is 35.5 Å². The lowest BCUT2D eigenvalue weighted by atomic mass is 10.3. The highest BCUT2D eigenvalue weighted by atomic mass is 15.3. The van der Waals surface area contributed by atoms with Crippen molar-refractivity contribution < 1.29 is 0 Å². The molecule has 0 fully saturated rings. The van der Waals surface area contributed by atoms with E-state index >= 15 is 0 Å². The second-order valence-electron chi connectivity index (χ2n) is 4.18. The Morgan fingerprint density at radius 2 is 2.06 bits per heavy atom. The van der Waals surface area contributed by atoms with Crippen LogP contribution in [0.1, 0.15) is 5.69 Å². The molecule has 6 heteroatoms. The summed E-state index contributed by atoms with van der Waals surface area (Å²) in [6.07, 6.45) is 5.36. The molecule has 0 saturated heterocycles. The number of pyridine rings is 1. The van der Waals surface area contributed by atoms with Crippen molar-refractivity contribution in [2.45, 2.75) is 6.54 Å². The van der Waals surface area contributed by atoms with Crippen LogP contribution in [-0.2, 0) is 20.6 Å². The SMILES string of the molecule is Cn1nccc1CNc1nccc2c1ncn2C. The first-order chi connectivity index (χ1) is 8.75. The topological polar surface area (TPSA) is 60.6 Å². The lowest BCUT2D eigenvalue weighted by Crippen LogP contribution is -2.06. The van der Waals surface area contributed by atoms with Gasteiger partial charge in [0.05, 0.1) is 24.1 Å². The third-order valence-electron chi connectivity index (χ3n) is 3.00. The summed E-state index contributed by atoms with van der Waals surface area (Å²) < 4.78 is 3.82. The van der Waals surface area contributed by atoms with Crippen LogP contribution in [0.15, 0.2) is 30.9 Å². The van der Waals surface area contributed by atoms with Crippen LogP contribution in [0.25, 0.3) is 11.0 Å². The third kappa shape index (κ3) is 1.71. The number of hydrogen-bond acceptors (Lipinski definition) is 4. The lowest BCUT2D eigenvalue weighted by molar-refractivity contribution is 0.720. The minimum atomic E-state index is 0.680. The highest BCUT2D eigenvalue weighted by molar-refractivity contribution is 5.85. The lowest BCUT2D eigenvalue weighted by Gasteiger charge is -2.06. The molecule has 6 nitrogen and oxygen atoms in total. The molecule has 0 radical (unpaired) electrons. The van der Waals surface area contributed by atoms with Gasteiger partial charge in [-0.15, -0.1) is 0 Å². The number of nitrogens with one attached hydrogen (secondary N) is 1. The van der Waals surface area contributed by atoms with Gasteiger partial charge < -0.3 is 9.88 Å². The van der Waals surface area contributed by atoms with E-state index in [4.69, 9.17) is 0 Å². The van der Waals surface area contributed by atoms with Crippen molar-refractivity contribution in [1.82, 2.24) is 24.3 Å². The van der Waals surface area contributed by atoms with Crippen molar-refractivity contribution in [2.24, 2.45) is 14.1 Å². The molecule has 0 saturated carbocycles. The summed E-state index contributed by atoms with van der Waals surface area (Å²) in [5.41, 5.74) is 3.06. The maximum Gasteiger partial charge on any atom is 0.154 e. The molecule has 0 amide bonds. The average Bonchev–Trinajstić information content (AvgIpc) is 2.95. The molecule has 0 atom stereocenters. The molecule has 0 unspecified atom stereocenters. The predicted molar refractivity (Wildman–Crippen MR) is 69.0 cm³/mol. The first-order valence-electron chi connectivity index (χ1n) is 5.72. The maximum atomic E-state index is 4.36. The Kier molecular flexibility index (Phi) is 2.47. The van der Waals surface area contributed by atoms with Crippen molar-refractivity contribution in [3.05, 3.63) is 36.5 Å². The molecule has 3 rings (SSSR count). The number of aryl methyl sites for hydroxylation is 2. The summed E-state index contributed by atoms with van der Waals surface area (Å²) in [5, 5.41) is 7.43. The largest absolute Gasteiger partial charge is 0.363 e. The number of hydrogen-bond donors (Lipinski definition) is 1. The van der Waals surface area contributed by atoms with Crippen LogP contribution >= 0.6 is 0 Å². The molecule has 3 aromatic rings. The van der Waals surface area contributed by atoms with E-state index in [0.29, 0.717) is 6.54 Å². The number of aromatic nitrogens is 5. The average molecular weight is 242 g/mol. The van der Waals surface area contributed by atoms with E-state index in [-0.39, 0.29) is 0 Å². The Bertz CT molecular complexity index is 681. The van der Waals surface area contributed by atoms with E-state index in [0.717, 1.165) is 22.5 Å². The molecule has 3 heterocycles. The van der Waals surface area contributed by atoms with Crippen LogP contribution in [-0.4, -0.2) is 24.3 Å². The summed E-state index contributed by atoms with van der Waals surface area (Å²) in [5.74, 6) is 0.800. The Balaban J connectivity index is 1.89. The van der Waals surface area contributed by atoms with E-state index in [9.17, 15) is 0 Å². The first-order valence-corrected chi connectivity index (χ1v) is 5.72. The predicted octanol–water partition coefficient (Wildman–Crippen LogP) is 1.31. The van der Waals surface area contributed by atoms with Crippen LogP contribution in [0.5, 0.6) is 0 Å². The van der Waals surface area contributed by atoms with Crippen molar-refractivity contribution in [3.8, 4) is 0 Å². The number of imidazole rings is 1. The maximum absolute atomic E-state index is 4.36.